The first-order valence-corrected chi connectivity index (χ1v) is 12.4. The molecular weight excluding hydrogens is 444 g/mol. The van der Waals surface area contributed by atoms with Crippen molar-refractivity contribution in [3.63, 3.8) is 0 Å². The number of carbonyl (C=O) groups excluding carboxylic acids is 1. The molecule has 0 bridgehead atoms. The lowest BCUT2D eigenvalue weighted by Crippen LogP contribution is -2.16. The lowest BCUT2D eigenvalue weighted by atomic mass is 9.95. The Labute approximate surface area is 206 Å². The number of carbonyl (C=O) groups is 1. The summed E-state index contributed by atoms with van der Waals surface area (Å²) in [6.07, 6.45) is 11.1. The molecule has 0 amide bonds. The first-order valence-electron chi connectivity index (χ1n) is 12.4. The van der Waals surface area contributed by atoms with Crippen LogP contribution in [0.5, 0.6) is 0 Å². The Hall–Kier alpha value is -3.49. The number of hydrogen-bond donors (Lipinski definition) is 2. The van der Waals surface area contributed by atoms with Crippen LogP contribution in [-0.2, 0) is 16.8 Å². The van der Waals surface area contributed by atoms with E-state index in [0.29, 0.717) is 34.7 Å². The highest BCUT2D eigenvalue weighted by atomic mass is 16.6. The van der Waals surface area contributed by atoms with Crippen molar-refractivity contribution in [3.8, 4) is 11.5 Å². The second-order valence-corrected chi connectivity index (χ2v) is 9.36. The fourth-order valence-corrected chi connectivity index (χ4v) is 4.25. The molecule has 1 aliphatic rings. The number of hydrogen-bond acceptors (Lipinski definition) is 9. The number of cyclic esters (lactones) is 1. The number of fused-ring (bicyclic) bond motifs is 1. The fourth-order valence-electron chi connectivity index (χ4n) is 4.25. The number of ether oxygens (including phenoxy) is 1. The van der Waals surface area contributed by atoms with E-state index >= 15 is 0 Å². The predicted octanol–water partition coefficient (Wildman–Crippen LogP) is 6.01. The van der Waals surface area contributed by atoms with Crippen LogP contribution in [0.3, 0.4) is 0 Å². The van der Waals surface area contributed by atoms with Gasteiger partial charge < -0.3 is 19.8 Å². The van der Waals surface area contributed by atoms with Gasteiger partial charge in [0.15, 0.2) is 0 Å². The summed E-state index contributed by atoms with van der Waals surface area (Å²) in [4.78, 5) is 21.0. The normalized spacial score (nSPS) is 14.0. The highest BCUT2D eigenvalue weighted by Gasteiger charge is 2.37. The molecule has 186 valence electrons. The zero-order valence-electron chi connectivity index (χ0n) is 21.0. The maximum atomic E-state index is 12.0. The molecule has 0 fully saturated rings. The molecule has 35 heavy (non-hydrogen) atoms. The van der Waals surface area contributed by atoms with Gasteiger partial charge in [-0.1, -0.05) is 45.4 Å². The van der Waals surface area contributed by atoms with Crippen LogP contribution < -0.4 is 10.6 Å². The molecule has 0 spiro atoms. The Morgan fingerprint density at radius 1 is 1.00 bits per heavy atom. The van der Waals surface area contributed by atoms with E-state index in [9.17, 15) is 4.79 Å². The van der Waals surface area contributed by atoms with Crippen LogP contribution in [0.25, 0.3) is 11.5 Å². The number of rotatable bonds is 12. The highest BCUT2D eigenvalue weighted by Crippen LogP contribution is 2.37. The van der Waals surface area contributed by atoms with Crippen LogP contribution in [0.1, 0.15) is 87.5 Å². The number of nitrogens with zero attached hydrogens (tertiary/aromatic N) is 4. The zero-order chi connectivity index (χ0) is 24.8. The molecule has 0 atom stereocenters. The maximum Gasteiger partial charge on any atom is 0.339 e. The summed E-state index contributed by atoms with van der Waals surface area (Å²) in [6, 6.07) is 5.46. The summed E-state index contributed by atoms with van der Waals surface area (Å²) in [5.74, 6) is 1.71. The van der Waals surface area contributed by atoms with Gasteiger partial charge in [0.2, 0.25) is 11.8 Å². The van der Waals surface area contributed by atoms with Crippen LogP contribution >= 0.6 is 0 Å². The lowest BCUT2D eigenvalue weighted by molar-refractivity contribution is 0.00954. The number of aromatic nitrogens is 4. The van der Waals surface area contributed by atoms with Gasteiger partial charge in [0.05, 0.1) is 11.1 Å². The minimum atomic E-state index is -0.671. The Balaban J connectivity index is 1.40. The molecule has 0 radical (unpaired) electrons. The van der Waals surface area contributed by atoms with Gasteiger partial charge in [-0.2, -0.15) is 4.98 Å². The third-order valence-corrected chi connectivity index (χ3v) is 6.21. The molecule has 2 aromatic heterocycles. The molecule has 0 saturated carbocycles. The minimum absolute atomic E-state index is 0.305. The van der Waals surface area contributed by atoms with Gasteiger partial charge in [0.25, 0.3) is 5.89 Å². The first kappa shape index (κ1) is 24.6. The molecule has 9 heteroatoms. The van der Waals surface area contributed by atoms with Gasteiger partial charge in [-0.05, 0) is 38.5 Å². The smallest absolute Gasteiger partial charge is 0.339 e. The molecular formula is C26H34N6O3. The topological polar surface area (TPSA) is 115 Å². The molecule has 1 aliphatic heterocycles. The Bertz CT molecular complexity index is 1170. The van der Waals surface area contributed by atoms with Crippen molar-refractivity contribution in [2.45, 2.75) is 77.7 Å². The van der Waals surface area contributed by atoms with E-state index in [4.69, 9.17) is 9.15 Å². The first-order chi connectivity index (χ1) is 16.9. The van der Waals surface area contributed by atoms with Crippen LogP contribution in [-0.4, -0.2) is 33.2 Å². The van der Waals surface area contributed by atoms with E-state index in [1.807, 2.05) is 26.0 Å². The Morgan fingerprint density at radius 3 is 2.54 bits per heavy atom. The van der Waals surface area contributed by atoms with Crippen molar-refractivity contribution in [2.75, 3.05) is 17.7 Å². The van der Waals surface area contributed by atoms with Crippen LogP contribution in [0.4, 0.5) is 17.5 Å². The molecule has 9 nitrogen and oxygen atoms in total. The minimum Gasteiger partial charge on any atom is -0.451 e. The third kappa shape index (κ3) is 5.78. The number of nitrogens with one attached hydrogen (secondary N) is 2. The van der Waals surface area contributed by atoms with Gasteiger partial charge in [-0.3, -0.25) is 0 Å². The van der Waals surface area contributed by atoms with E-state index in [1.165, 1.54) is 38.5 Å². The Kier molecular flexibility index (Phi) is 7.63. The van der Waals surface area contributed by atoms with Crippen molar-refractivity contribution >= 4 is 23.4 Å². The second-order valence-electron chi connectivity index (χ2n) is 9.36. The summed E-state index contributed by atoms with van der Waals surface area (Å²) in [7, 11) is 1.78. The molecule has 0 aliphatic carbocycles. The summed E-state index contributed by atoms with van der Waals surface area (Å²) < 4.78 is 11.3. The summed E-state index contributed by atoms with van der Waals surface area (Å²) in [5.41, 5.74) is 2.15. The quantitative estimate of drug-likeness (QED) is 0.238. The molecule has 4 rings (SSSR count). The van der Waals surface area contributed by atoms with Crippen molar-refractivity contribution in [3.05, 3.63) is 41.4 Å². The number of esters is 1. The third-order valence-electron chi connectivity index (χ3n) is 6.21. The fraction of sp³-hybridized carbons (Fsp3) is 0.500. The van der Waals surface area contributed by atoms with Crippen LogP contribution in [0.15, 0.2) is 28.8 Å². The average Bonchev–Trinajstić information content (AvgIpc) is 3.40. The lowest BCUT2D eigenvalue weighted by Gasteiger charge is -2.18. The van der Waals surface area contributed by atoms with Gasteiger partial charge in [0, 0.05) is 30.9 Å². The Morgan fingerprint density at radius 2 is 1.77 bits per heavy atom. The number of anilines is 3. The number of unbranched alkanes of at least 4 members (excludes halogenated alkanes) is 6. The van der Waals surface area contributed by atoms with Crippen molar-refractivity contribution in [2.24, 2.45) is 0 Å². The highest BCUT2D eigenvalue weighted by molar-refractivity contribution is 5.95. The van der Waals surface area contributed by atoms with Crippen LogP contribution in [0, 0.1) is 0 Å². The van der Waals surface area contributed by atoms with Crippen molar-refractivity contribution in [1.82, 2.24) is 20.2 Å². The second kappa shape index (κ2) is 10.8. The van der Waals surface area contributed by atoms with E-state index < -0.39 is 5.60 Å². The standard InChI is InChI=1S/C26H34N6O3/c1-5-6-7-8-9-10-11-12-21-31-32-23(34-21)19-16-28-25(30-22(19)27-4)29-17-13-14-18-20(15-17)26(2,3)35-24(18)33/h13-16H,5-12H2,1-4H3,(H2,27,28,29,30). The number of benzene rings is 1. The van der Waals surface area contributed by atoms with Gasteiger partial charge in [-0.25, -0.2) is 9.78 Å². The van der Waals surface area contributed by atoms with Crippen molar-refractivity contribution < 1.29 is 13.9 Å². The average molecular weight is 479 g/mol. The zero-order valence-corrected chi connectivity index (χ0v) is 21.0. The summed E-state index contributed by atoms with van der Waals surface area (Å²) in [5, 5.41) is 14.7. The van der Waals surface area contributed by atoms with Gasteiger partial charge in [0.1, 0.15) is 11.4 Å². The molecule has 0 unspecified atom stereocenters. The predicted molar refractivity (Wildman–Crippen MR) is 135 cm³/mol. The number of aryl methyl sites for hydroxylation is 1. The molecule has 3 aromatic rings. The summed E-state index contributed by atoms with van der Waals surface area (Å²) in [6.45, 7) is 5.98. The van der Waals surface area contributed by atoms with Crippen LogP contribution in [0.2, 0.25) is 0 Å². The maximum absolute atomic E-state index is 12.0. The van der Waals surface area contributed by atoms with E-state index in [2.05, 4.69) is 37.7 Å². The van der Waals surface area contributed by atoms with Gasteiger partial charge >= 0.3 is 5.97 Å². The monoisotopic (exact) mass is 478 g/mol. The van der Waals surface area contributed by atoms with Crippen molar-refractivity contribution in [1.29, 1.82) is 0 Å². The summed E-state index contributed by atoms with van der Waals surface area (Å²) >= 11 is 0. The molecule has 0 saturated heterocycles. The van der Waals surface area contributed by atoms with E-state index in [1.54, 1.807) is 19.3 Å². The SMILES string of the molecule is CCCCCCCCCc1nnc(-c2cnc(Nc3ccc4c(c3)C(C)(C)OC4=O)nc2NC)o1. The molecule has 2 N–H and O–H groups in total. The van der Waals surface area contributed by atoms with E-state index in [0.717, 1.165) is 24.1 Å². The largest absolute Gasteiger partial charge is 0.451 e. The van der Waals surface area contributed by atoms with Gasteiger partial charge in [-0.15, -0.1) is 10.2 Å². The molecule has 3 heterocycles. The molecule has 1 aromatic carbocycles. The van der Waals surface area contributed by atoms with E-state index in [-0.39, 0.29) is 5.97 Å².